The Morgan fingerprint density at radius 3 is 2.74 bits per heavy atom. The van der Waals surface area contributed by atoms with Gasteiger partial charge in [-0.1, -0.05) is 0 Å². The van der Waals surface area contributed by atoms with E-state index in [4.69, 9.17) is 19.9 Å². The van der Waals surface area contributed by atoms with Gasteiger partial charge in [-0.3, -0.25) is 0 Å². The lowest BCUT2D eigenvalue weighted by atomic mass is 10.2. The summed E-state index contributed by atoms with van der Waals surface area (Å²) in [7, 11) is 1.62. The number of hydrogen-bond acceptors (Lipinski definition) is 5. The second-order valence-corrected chi connectivity index (χ2v) is 3.83. The van der Waals surface area contributed by atoms with Crippen molar-refractivity contribution >= 4 is 11.7 Å². The number of methoxy groups -OCH3 is 1. The van der Waals surface area contributed by atoms with E-state index in [0.717, 1.165) is 12.5 Å². The summed E-state index contributed by atoms with van der Waals surface area (Å²) in [5.74, 6) is -1.23. The van der Waals surface area contributed by atoms with Gasteiger partial charge in [-0.25, -0.2) is 9.18 Å². The van der Waals surface area contributed by atoms with E-state index in [1.807, 2.05) is 0 Å². The molecule has 0 heterocycles. The number of esters is 1. The van der Waals surface area contributed by atoms with Crippen LogP contribution >= 0.6 is 0 Å². The molecule has 0 aliphatic heterocycles. The standard InChI is InChI=1S/C13H18FNO4/c1-17-5-2-6-18-7-8-19-13(16)10-3-4-12(15)11(14)9-10/h3-4,9H,2,5-8,15H2,1H3. The Labute approximate surface area is 111 Å². The molecule has 6 heteroatoms. The van der Waals surface area contributed by atoms with Crippen molar-refractivity contribution in [1.29, 1.82) is 0 Å². The number of ether oxygens (including phenoxy) is 3. The second kappa shape index (κ2) is 8.44. The fraction of sp³-hybridized carbons (Fsp3) is 0.462. The molecule has 0 atom stereocenters. The molecule has 1 aromatic carbocycles. The molecule has 106 valence electrons. The molecular weight excluding hydrogens is 253 g/mol. The van der Waals surface area contributed by atoms with Crippen LogP contribution in [0.2, 0.25) is 0 Å². The van der Waals surface area contributed by atoms with Crippen molar-refractivity contribution in [3.05, 3.63) is 29.6 Å². The Bertz CT molecular complexity index is 412. The fourth-order valence-electron chi connectivity index (χ4n) is 1.34. The summed E-state index contributed by atoms with van der Waals surface area (Å²) < 4.78 is 28.1. The van der Waals surface area contributed by atoms with Crippen LogP contribution in [0.5, 0.6) is 0 Å². The summed E-state index contributed by atoms with van der Waals surface area (Å²) >= 11 is 0. The van der Waals surface area contributed by atoms with Gasteiger partial charge in [0.05, 0.1) is 17.9 Å². The SMILES string of the molecule is COCCCOCCOC(=O)c1ccc(N)c(F)c1. The quantitative estimate of drug-likeness (QED) is 0.442. The number of nitrogen functional groups attached to an aromatic ring is 1. The maximum absolute atomic E-state index is 13.1. The third kappa shape index (κ3) is 5.67. The summed E-state index contributed by atoms with van der Waals surface area (Å²) in [4.78, 5) is 11.5. The Morgan fingerprint density at radius 2 is 2.05 bits per heavy atom. The maximum Gasteiger partial charge on any atom is 0.338 e. The van der Waals surface area contributed by atoms with Gasteiger partial charge in [0.15, 0.2) is 0 Å². The Kier molecular flexibility index (Phi) is 6.84. The zero-order chi connectivity index (χ0) is 14.1. The van der Waals surface area contributed by atoms with Crippen LogP contribution in [0.25, 0.3) is 0 Å². The number of halogens is 1. The lowest BCUT2D eigenvalue weighted by Crippen LogP contribution is -2.12. The first-order valence-corrected chi connectivity index (χ1v) is 5.94. The van der Waals surface area contributed by atoms with Crippen LogP contribution in [0.3, 0.4) is 0 Å². The van der Waals surface area contributed by atoms with Gasteiger partial charge in [0.2, 0.25) is 0 Å². The third-order valence-electron chi connectivity index (χ3n) is 2.33. The monoisotopic (exact) mass is 271 g/mol. The summed E-state index contributed by atoms with van der Waals surface area (Å²) in [6, 6.07) is 3.80. The highest BCUT2D eigenvalue weighted by atomic mass is 19.1. The molecule has 0 unspecified atom stereocenters. The van der Waals surface area contributed by atoms with Crippen LogP contribution in [-0.2, 0) is 14.2 Å². The number of hydrogen-bond donors (Lipinski definition) is 1. The first-order chi connectivity index (χ1) is 9.15. The van der Waals surface area contributed by atoms with E-state index in [0.29, 0.717) is 19.8 Å². The van der Waals surface area contributed by atoms with Crippen molar-refractivity contribution in [2.45, 2.75) is 6.42 Å². The molecule has 0 amide bonds. The van der Waals surface area contributed by atoms with Crippen LogP contribution < -0.4 is 5.73 Å². The van der Waals surface area contributed by atoms with Gasteiger partial charge in [-0.2, -0.15) is 0 Å². The Hall–Kier alpha value is -1.66. The molecule has 0 radical (unpaired) electrons. The molecule has 1 rings (SSSR count). The zero-order valence-corrected chi connectivity index (χ0v) is 10.9. The van der Waals surface area contributed by atoms with Gasteiger partial charge in [0, 0.05) is 20.3 Å². The number of anilines is 1. The highest BCUT2D eigenvalue weighted by Crippen LogP contribution is 2.12. The highest BCUT2D eigenvalue weighted by Gasteiger charge is 2.09. The van der Waals surface area contributed by atoms with Crippen molar-refractivity contribution in [2.75, 3.05) is 39.3 Å². The van der Waals surface area contributed by atoms with E-state index in [2.05, 4.69) is 0 Å². The fourth-order valence-corrected chi connectivity index (χ4v) is 1.34. The molecule has 5 nitrogen and oxygen atoms in total. The number of benzene rings is 1. The molecule has 0 bridgehead atoms. The topological polar surface area (TPSA) is 70.8 Å². The van der Waals surface area contributed by atoms with Gasteiger partial charge in [0.25, 0.3) is 0 Å². The van der Waals surface area contributed by atoms with Crippen LogP contribution in [-0.4, -0.2) is 39.5 Å². The summed E-state index contributed by atoms with van der Waals surface area (Å²) in [5.41, 5.74) is 5.44. The normalized spacial score (nSPS) is 10.4. The first-order valence-electron chi connectivity index (χ1n) is 5.94. The molecular formula is C13H18FNO4. The summed E-state index contributed by atoms with van der Waals surface area (Å²) in [5, 5.41) is 0. The van der Waals surface area contributed by atoms with Gasteiger partial charge >= 0.3 is 5.97 Å². The van der Waals surface area contributed by atoms with Gasteiger partial charge < -0.3 is 19.9 Å². The van der Waals surface area contributed by atoms with Crippen molar-refractivity contribution < 1.29 is 23.4 Å². The Morgan fingerprint density at radius 1 is 1.26 bits per heavy atom. The molecule has 2 N–H and O–H groups in total. The van der Waals surface area contributed by atoms with E-state index in [9.17, 15) is 9.18 Å². The molecule has 1 aromatic rings. The van der Waals surface area contributed by atoms with Gasteiger partial charge in [-0.15, -0.1) is 0 Å². The van der Waals surface area contributed by atoms with E-state index in [-0.39, 0.29) is 17.9 Å². The van der Waals surface area contributed by atoms with Gasteiger partial charge in [0.1, 0.15) is 12.4 Å². The summed E-state index contributed by atoms with van der Waals surface area (Å²) in [6.07, 6.45) is 0.785. The first kappa shape index (κ1) is 15.4. The molecule has 0 aliphatic rings. The molecule has 0 saturated carbocycles. The average Bonchev–Trinajstić information content (AvgIpc) is 2.40. The van der Waals surface area contributed by atoms with Crippen molar-refractivity contribution in [3.63, 3.8) is 0 Å². The average molecular weight is 271 g/mol. The highest BCUT2D eigenvalue weighted by molar-refractivity contribution is 5.89. The number of carbonyl (C=O) groups is 1. The number of rotatable bonds is 8. The minimum Gasteiger partial charge on any atom is -0.460 e. The van der Waals surface area contributed by atoms with Crippen LogP contribution in [0.1, 0.15) is 16.8 Å². The van der Waals surface area contributed by atoms with Crippen molar-refractivity contribution in [3.8, 4) is 0 Å². The van der Waals surface area contributed by atoms with E-state index in [1.165, 1.54) is 12.1 Å². The second-order valence-electron chi connectivity index (χ2n) is 3.83. The lowest BCUT2D eigenvalue weighted by Gasteiger charge is -2.06. The zero-order valence-electron chi connectivity index (χ0n) is 10.9. The molecule has 0 fully saturated rings. The minimum atomic E-state index is -0.634. The molecule has 0 saturated heterocycles. The molecule has 19 heavy (non-hydrogen) atoms. The lowest BCUT2D eigenvalue weighted by molar-refractivity contribution is 0.0288. The predicted octanol–water partition coefficient (Wildman–Crippen LogP) is 1.62. The van der Waals surface area contributed by atoms with Gasteiger partial charge in [-0.05, 0) is 24.6 Å². The maximum atomic E-state index is 13.1. The molecule has 0 aromatic heterocycles. The van der Waals surface area contributed by atoms with E-state index >= 15 is 0 Å². The van der Waals surface area contributed by atoms with Crippen LogP contribution in [0, 0.1) is 5.82 Å². The van der Waals surface area contributed by atoms with E-state index in [1.54, 1.807) is 7.11 Å². The van der Waals surface area contributed by atoms with E-state index < -0.39 is 11.8 Å². The van der Waals surface area contributed by atoms with Crippen molar-refractivity contribution in [2.24, 2.45) is 0 Å². The Balaban J connectivity index is 2.22. The number of carbonyl (C=O) groups excluding carboxylic acids is 1. The smallest absolute Gasteiger partial charge is 0.338 e. The number of nitrogens with two attached hydrogens (primary N) is 1. The van der Waals surface area contributed by atoms with Crippen molar-refractivity contribution in [1.82, 2.24) is 0 Å². The minimum absolute atomic E-state index is 0.00183. The summed E-state index contributed by atoms with van der Waals surface area (Å²) in [6.45, 7) is 1.59. The molecule has 0 aliphatic carbocycles. The van der Waals surface area contributed by atoms with Crippen LogP contribution in [0.15, 0.2) is 18.2 Å². The predicted molar refractivity (Wildman–Crippen MR) is 68.4 cm³/mol. The largest absolute Gasteiger partial charge is 0.460 e. The molecule has 0 spiro atoms. The third-order valence-corrected chi connectivity index (χ3v) is 2.33. The van der Waals surface area contributed by atoms with Crippen LogP contribution in [0.4, 0.5) is 10.1 Å².